The van der Waals surface area contributed by atoms with Crippen molar-refractivity contribution >= 4 is 18.2 Å². The van der Waals surface area contributed by atoms with E-state index < -0.39 is 42.0 Å². The lowest BCUT2D eigenvalue weighted by molar-refractivity contribution is -0.146. The van der Waals surface area contributed by atoms with E-state index in [0.717, 1.165) is 13.3 Å². The van der Waals surface area contributed by atoms with Gasteiger partial charge in [0.25, 0.3) is 0 Å². The van der Waals surface area contributed by atoms with Gasteiger partial charge in [-0.25, -0.2) is 14.4 Å². The fourth-order valence-electron chi connectivity index (χ4n) is 2.27. The van der Waals surface area contributed by atoms with Gasteiger partial charge < -0.3 is 18.9 Å². The van der Waals surface area contributed by atoms with Gasteiger partial charge in [-0.05, 0) is 53.7 Å². The van der Waals surface area contributed by atoms with E-state index in [9.17, 15) is 23.2 Å². The maximum atomic E-state index is 12.8. The minimum absolute atomic E-state index is 0.190. The Labute approximate surface area is 179 Å². The minimum Gasteiger partial charge on any atom is -0.467 e. The predicted molar refractivity (Wildman–Crippen MR) is 105 cm³/mol. The normalized spacial score (nSPS) is 12.7. The third-order valence-electron chi connectivity index (χ3n) is 3.39. The maximum Gasteiger partial charge on any atom is 0.420 e. The minimum atomic E-state index is -3.02. The Kier molecular flexibility index (Phi) is 8.71. The van der Waals surface area contributed by atoms with Gasteiger partial charge in [0, 0.05) is 12.1 Å². The number of nitrogens with zero attached hydrogens (tertiary/aromatic N) is 2. The molecule has 0 aliphatic heterocycles. The molecule has 1 aromatic heterocycles. The maximum absolute atomic E-state index is 12.8. The van der Waals surface area contributed by atoms with Crippen LogP contribution in [-0.2, 0) is 25.4 Å². The number of halogens is 2. The lowest BCUT2D eigenvalue weighted by atomic mass is 10.1. The number of methoxy groups -OCH3 is 1. The largest absolute Gasteiger partial charge is 0.467 e. The summed E-state index contributed by atoms with van der Waals surface area (Å²) in [6, 6.07) is 1.05. The van der Waals surface area contributed by atoms with Gasteiger partial charge >= 0.3 is 24.8 Å². The number of carbonyl (C=O) groups excluding carboxylic acids is 3. The first-order chi connectivity index (χ1) is 14.1. The van der Waals surface area contributed by atoms with Gasteiger partial charge in [-0.3, -0.25) is 4.98 Å². The summed E-state index contributed by atoms with van der Waals surface area (Å²) in [5.74, 6) is -1.11. The van der Waals surface area contributed by atoms with Crippen LogP contribution in [0.5, 0.6) is 5.75 Å². The molecule has 1 atom stereocenters. The van der Waals surface area contributed by atoms with Crippen LogP contribution in [0.25, 0.3) is 0 Å². The number of hydrogen-bond acceptors (Lipinski definition) is 8. The van der Waals surface area contributed by atoms with E-state index in [1.165, 1.54) is 12.1 Å². The smallest absolute Gasteiger partial charge is 0.420 e. The molecule has 11 heteroatoms. The molecule has 174 valence electrons. The molecule has 0 N–H and O–H groups in total. The van der Waals surface area contributed by atoms with Gasteiger partial charge in [0.15, 0.2) is 0 Å². The Bertz CT molecular complexity index is 743. The van der Waals surface area contributed by atoms with Crippen LogP contribution in [0.1, 0.15) is 47.2 Å². The van der Waals surface area contributed by atoms with Crippen molar-refractivity contribution in [1.82, 2.24) is 9.88 Å². The summed E-state index contributed by atoms with van der Waals surface area (Å²) in [7, 11) is 1.09. The van der Waals surface area contributed by atoms with E-state index >= 15 is 0 Å². The van der Waals surface area contributed by atoms with Crippen molar-refractivity contribution in [1.29, 1.82) is 0 Å². The molecule has 0 bridgehead atoms. The standard InChI is InChI=1S/C20H28F2N2O7/c1-19(2,3)30-17(26)24(18(27)31-20(4,5)6)14(15(25)28-7)10-12-8-9-13(11-23-12)29-16(21)22/h8-9,11,14,16H,10H2,1-7H3/t14-/m0/s1. The summed E-state index contributed by atoms with van der Waals surface area (Å²) < 4.78 is 44.2. The van der Waals surface area contributed by atoms with Crippen molar-refractivity contribution in [3.8, 4) is 5.75 Å². The molecular weight excluding hydrogens is 418 g/mol. The van der Waals surface area contributed by atoms with Crippen LogP contribution in [0.15, 0.2) is 18.3 Å². The van der Waals surface area contributed by atoms with Crippen molar-refractivity contribution in [3.63, 3.8) is 0 Å². The SMILES string of the molecule is COC(=O)[C@H](Cc1ccc(OC(F)F)cn1)N(C(=O)OC(C)(C)C)C(=O)OC(C)(C)C. The number of aromatic nitrogens is 1. The second-order valence-electron chi connectivity index (χ2n) is 8.44. The van der Waals surface area contributed by atoms with E-state index in [-0.39, 0.29) is 17.9 Å². The molecule has 9 nitrogen and oxygen atoms in total. The summed E-state index contributed by atoms with van der Waals surface area (Å²) >= 11 is 0. The number of rotatable bonds is 6. The first-order valence-electron chi connectivity index (χ1n) is 9.35. The van der Waals surface area contributed by atoms with Crippen LogP contribution >= 0.6 is 0 Å². The van der Waals surface area contributed by atoms with E-state index in [4.69, 9.17) is 14.2 Å². The monoisotopic (exact) mass is 446 g/mol. The zero-order chi connectivity index (χ0) is 24.0. The van der Waals surface area contributed by atoms with Crippen LogP contribution < -0.4 is 4.74 Å². The van der Waals surface area contributed by atoms with E-state index in [1.807, 2.05) is 0 Å². The van der Waals surface area contributed by atoms with Crippen LogP contribution in [0.3, 0.4) is 0 Å². The first-order valence-corrected chi connectivity index (χ1v) is 9.35. The number of amides is 2. The molecule has 0 unspecified atom stereocenters. The third-order valence-corrected chi connectivity index (χ3v) is 3.39. The molecule has 0 radical (unpaired) electrons. The lowest BCUT2D eigenvalue weighted by Gasteiger charge is -2.32. The van der Waals surface area contributed by atoms with Gasteiger partial charge in [0.05, 0.1) is 13.3 Å². The summed E-state index contributed by atoms with van der Waals surface area (Å²) in [4.78, 5) is 42.5. The molecule has 0 spiro atoms. The highest BCUT2D eigenvalue weighted by atomic mass is 19.3. The van der Waals surface area contributed by atoms with E-state index in [1.54, 1.807) is 41.5 Å². The highest BCUT2D eigenvalue weighted by molar-refractivity contribution is 5.94. The van der Waals surface area contributed by atoms with Crippen LogP contribution in [0, 0.1) is 0 Å². The molecule has 0 aliphatic rings. The average molecular weight is 446 g/mol. The van der Waals surface area contributed by atoms with Gasteiger partial charge in [-0.15, -0.1) is 0 Å². The molecule has 2 amide bonds. The molecule has 0 aliphatic carbocycles. The highest BCUT2D eigenvalue weighted by Gasteiger charge is 2.41. The molecule has 0 aromatic carbocycles. The third kappa shape index (κ3) is 9.14. The summed E-state index contributed by atoms with van der Waals surface area (Å²) in [6.45, 7) is 6.53. The lowest BCUT2D eigenvalue weighted by Crippen LogP contribution is -2.53. The number of hydrogen-bond donors (Lipinski definition) is 0. The summed E-state index contributed by atoms with van der Waals surface area (Å²) in [5.41, 5.74) is -1.73. The molecular formula is C20H28F2N2O7. The summed E-state index contributed by atoms with van der Waals surface area (Å²) in [6.07, 6.45) is -1.48. The molecule has 1 aromatic rings. The molecule has 0 fully saturated rings. The average Bonchev–Trinajstić information content (AvgIpc) is 2.58. The van der Waals surface area contributed by atoms with E-state index in [0.29, 0.717) is 4.90 Å². The molecule has 1 heterocycles. The van der Waals surface area contributed by atoms with Crippen LogP contribution in [0.4, 0.5) is 18.4 Å². The fourth-order valence-corrected chi connectivity index (χ4v) is 2.27. The Morgan fingerprint density at radius 3 is 1.87 bits per heavy atom. The van der Waals surface area contributed by atoms with Crippen molar-refractivity contribution < 1.29 is 42.1 Å². The topological polar surface area (TPSA) is 104 Å². The molecule has 1 rings (SSSR count). The highest BCUT2D eigenvalue weighted by Crippen LogP contribution is 2.20. The fraction of sp³-hybridized carbons (Fsp3) is 0.600. The van der Waals surface area contributed by atoms with Gasteiger partial charge in [-0.2, -0.15) is 13.7 Å². The Balaban J connectivity index is 3.28. The number of imide groups is 1. The summed E-state index contributed by atoms with van der Waals surface area (Å²) in [5, 5.41) is 0. The van der Waals surface area contributed by atoms with E-state index in [2.05, 4.69) is 9.72 Å². The second kappa shape index (κ2) is 10.4. The predicted octanol–water partition coefficient (Wildman–Crippen LogP) is 3.94. The van der Waals surface area contributed by atoms with Crippen molar-refractivity contribution in [2.24, 2.45) is 0 Å². The van der Waals surface area contributed by atoms with Gasteiger partial charge in [-0.1, -0.05) is 0 Å². The number of pyridine rings is 1. The second-order valence-corrected chi connectivity index (χ2v) is 8.44. The quantitative estimate of drug-likeness (QED) is 0.478. The number of alkyl halides is 2. The Morgan fingerprint density at radius 2 is 1.52 bits per heavy atom. The molecule has 0 saturated heterocycles. The van der Waals surface area contributed by atoms with Crippen LogP contribution in [0.2, 0.25) is 0 Å². The number of ether oxygens (including phenoxy) is 4. The zero-order valence-electron chi connectivity index (χ0n) is 18.6. The first kappa shape index (κ1) is 26.1. The van der Waals surface area contributed by atoms with Gasteiger partial charge in [0.1, 0.15) is 23.0 Å². The van der Waals surface area contributed by atoms with Gasteiger partial charge in [0.2, 0.25) is 0 Å². The Hall–Kier alpha value is -2.98. The zero-order valence-corrected chi connectivity index (χ0v) is 18.6. The van der Waals surface area contributed by atoms with Crippen LogP contribution in [-0.4, -0.2) is 59.0 Å². The Morgan fingerprint density at radius 1 is 1.00 bits per heavy atom. The number of esters is 1. The number of carbonyl (C=O) groups is 3. The van der Waals surface area contributed by atoms with Crippen molar-refractivity contribution in [2.75, 3.05) is 7.11 Å². The molecule has 0 saturated carbocycles. The van der Waals surface area contributed by atoms with Crippen molar-refractivity contribution in [3.05, 3.63) is 24.0 Å². The molecule has 31 heavy (non-hydrogen) atoms. The van der Waals surface area contributed by atoms with Crippen molar-refractivity contribution in [2.45, 2.75) is 71.8 Å².